The molecule has 18 heavy (non-hydrogen) atoms. The summed E-state index contributed by atoms with van der Waals surface area (Å²) in [5.41, 5.74) is 5.69. The Hall–Kier alpha value is -1.10. The zero-order valence-electron chi connectivity index (χ0n) is 11.4. The average molecular weight is 255 g/mol. The van der Waals surface area contributed by atoms with E-state index in [2.05, 4.69) is 10.6 Å². The third-order valence-corrected chi connectivity index (χ3v) is 3.42. The van der Waals surface area contributed by atoms with E-state index in [0.29, 0.717) is 6.54 Å². The van der Waals surface area contributed by atoms with Gasteiger partial charge in [0.2, 0.25) is 11.8 Å². The second kappa shape index (κ2) is 7.36. The number of carbonyl (C=O) groups is 2. The number of hydrogen-bond acceptors (Lipinski definition) is 3. The Bertz CT molecular complexity index is 292. The summed E-state index contributed by atoms with van der Waals surface area (Å²) < 4.78 is 0. The van der Waals surface area contributed by atoms with Crippen molar-refractivity contribution in [3.63, 3.8) is 0 Å². The maximum absolute atomic E-state index is 12.0. The highest BCUT2D eigenvalue weighted by Crippen LogP contribution is 2.29. The van der Waals surface area contributed by atoms with E-state index in [9.17, 15) is 9.59 Å². The Morgan fingerprint density at radius 1 is 1.28 bits per heavy atom. The molecule has 0 aromatic carbocycles. The highest BCUT2D eigenvalue weighted by molar-refractivity contribution is 5.86. The van der Waals surface area contributed by atoms with E-state index in [1.165, 1.54) is 0 Å². The molecule has 0 aliphatic heterocycles. The van der Waals surface area contributed by atoms with Gasteiger partial charge in [-0.05, 0) is 39.2 Å². The lowest BCUT2D eigenvalue weighted by Gasteiger charge is -2.29. The summed E-state index contributed by atoms with van der Waals surface area (Å²) in [6.07, 6.45) is 4.14. The Labute approximate surface area is 109 Å². The molecule has 2 atom stereocenters. The minimum absolute atomic E-state index is 0.0180. The number of amides is 2. The molecule has 1 aliphatic carbocycles. The van der Waals surface area contributed by atoms with Gasteiger partial charge in [0.05, 0.1) is 6.54 Å². The van der Waals surface area contributed by atoms with Crippen molar-refractivity contribution in [2.75, 3.05) is 13.1 Å². The monoisotopic (exact) mass is 255 g/mol. The second-order valence-corrected chi connectivity index (χ2v) is 5.33. The zero-order valence-corrected chi connectivity index (χ0v) is 11.4. The van der Waals surface area contributed by atoms with Gasteiger partial charge in [0.1, 0.15) is 0 Å². The molecule has 0 saturated heterocycles. The van der Waals surface area contributed by atoms with Crippen molar-refractivity contribution in [1.82, 2.24) is 10.6 Å². The summed E-state index contributed by atoms with van der Waals surface area (Å²) in [6.45, 7) is 4.40. The van der Waals surface area contributed by atoms with Crippen LogP contribution in [0.15, 0.2) is 0 Å². The molecule has 1 rings (SSSR count). The summed E-state index contributed by atoms with van der Waals surface area (Å²) >= 11 is 0. The molecule has 0 bridgehead atoms. The van der Waals surface area contributed by atoms with Crippen LogP contribution < -0.4 is 16.4 Å². The van der Waals surface area contributed by atoms with Crippen molar-refractivity contribution in [3.8, 4) is 0 Å². The van der Waals surface area contributed by atoms with Gasteiger partial charge in [-0.2, -0.15) is 0 Å². The van der Waals surface area contributed by atoms with Crippen molar-refractivity contribution in [2.24, 2.45) is 17.6 Å². The quantitative estimate of drug-likeness (QED) is 0.664. The maximum Gasteiger partial charge on any atom is 0.239 e. The van der Waals surface area contributed by atoms with Crippen LogP contribution in [-0.4, -0.2) is 30.9 Å². The maximum atomic E-state index is 12.0. The molecule has 0 spiro atoms. The Kier molecular flexibility index (Phi) is 6.12. The van der Waals surface area contributed by atoms with E-state index in [0.717, 1.165) is 25.7 Å². The molecular formula is C13H25N3O2. The summed E-state index contributed by atoms with van der Waals surface area (Å²) in [5, 5.41) is 5.46. The van der Waals surface area contributed by atoms with Gasteiger partial charge >= 0.3 is 0 Å². The highest BCUT2D eigenvalue weighted by Gasteiger charge is 2.29. The molecule has 1 saturated carbocycles. The molecule has 0 heterocycles. The molecule has 2 unspecified atom stereocenters. The summed E-state index contributed by atoms with van der Waals surface area (Å²) in [5.74, 6) is 0.0880. The average Bonchev–Trinajstić information content (AvgIpc) is 2.35. The van der Waals surface area contributed by atoms with E-state index in [1.807, 2.05) is 13.8 Å². The predicted octanol–water partition coefficient (Wildman–Crippen LogP) is 0.392. The molecule has 0 aromatic rings. The van der Waals surface area contributed by atoms with Gasteiger partial charge in [0.15, 0.2) is 0 Å². The third kappa shape index (κ3) is 4.64. The van der Waals surface area contributed by atoms with Crippen LogP contribution in [0, 0.1) is 11.8 Å². The van der Waals surface area contributed by atoms with Crippen LogP contribution in [0.2, 0.25) is 0 Å². The van der Waals surface area contributed by atoms with Gasteiger partial charge < -0.3 is 16.4 Å². The Morgan fingerprint density at radius 3 is 2.56 bits per heavy atom. The van der Waals surface area contributed by atoms with E-state index >= 15 is 0 Å². The Balaban J connectivity index is 2.37. The normalized spacial score (nSPS) is 23.8. The molecule has 5 nitrogen and oxygen atoms in total. The fourth-order valence-corrected chi connectivity index (χ4v) is 2.51. The number of carbonyl (C=O) groups excluding carboxylic acids is 2. The summed E-state index contributed by atoms with van der Waals surface area (Å²) in [7, 11) is 0. The van der Waals surface area contributed by atoms with Crippen LogP contribution in [0.1, 0.15) is 39.5 Å². The van der Waals surface area contributed by atoms with Crippen LogP contribution in [0.3, 0.4) is 0 Å². The van der Waals surface area contributed by atoms with Gasteiger partial charge in [-0.25, -0.2) is 0 Å². The smallest absolute Gasteiger partial charge is 0.239 e. The van der Waals surface area contributed by atoms with Crippen molar-refractivity contribution >= 4 is 11.8 Å². The van der Waals surface area contributed by atoms with Gasteiger partial charge in [-0.1, -0.05) is 12.8 Å². The molecule has 2 amide bonds. The third-order valence-electron chi connectivity index (χ3n) is 3.42. The topological polar surface area (TPSA) is 84.2 Å². The zero-order chi connectivity index (χ0) is 13.5. The molecule has 5 heteroatoms. The van der Waals surface area contributed by atoms with Crippen LogP contribution in [0.25, 0.3) is 0 Å². The summed E-state index contributed by atoms with van der Waals surface area (Å²) in [6, 6.07) is 0.0980. The fraction of sp³-hybridized carbons (Fsp3) is 0.846. The van der Waals surface area contributed by atoms with E-state index in [1.54, 1.807) is 0 Å². The minimum Gasteiger partial charge on any atom is -0.352 e. The molecule has 4 N–H and O–H groups in total. The van der Waals surface area contributed by atoms with Gasteiger partial charge in [0, 0.05) is 12.0 Å². The molecule has 1 fully saturated rings. The lowest BCUT2D eigenvalue weighted by molar-refractivity contribution is -0.130. The SMILES string of the molecule is CC(C)NC(=O)CNC(=O)C1CCCCC1CN. The number of nitrogens with two attached hydrogens (primary N) is 1. The summed E-state index contributed by atoms with van der Waals surface area (Å²) in [4.78, 5) is 23.5. The van der Waals surface area contributed by atoms with Gasteiger partial charge in [-0.3, -0.25) is 9.59 Å². The first-order valence-electron chi connectivity index (χ1n) is 6.81. The van der Waals surface area contributed by atoms with E-state index < -0.39 is 0 Å². The van der Waals surface area contributed by atoms with Gasteiger partial charge in [0.25, 0.3) is 0 Å². The van der Waals surface area contributed by atoms with Crippen molar-refractivity contribution in [3.05, 3.63) is 0 Å². The first-order valence-corrected chi connectivity index (χ1v) is 6.81. The Morgan fingerprint density at radius 2 is 1.94 bits per heavy atom. The largest absolute Gasteiger partial charge is 0.352 e. The fourth-order valence-electron chi connectivity index (χ4n) is 2.51. The first kappa shape index (κ1) is 15.0. The number of hydrogen-bond donors (Lipinski definition) is 3. The van der Waals surface area contributed by atoms with Crippen LogP contribution >= 0.6 is 0 Å². The molecular weight excluding hydrogens is 230 g/mol. The first-order chi connectivity index (χ1) is 8.54. The van der Waals surface area contributed by atoms with E-state index in [-0.39, 0.29) is 36.2 Å². The van der Waals surface area contributed by atoms with Crippen molar-refractivity contribution in [1.29, 1.82) is 0 Å². The van der Waals surface area contributed by atoms with Crippen LogP contribution in [0.4, 0.5) is 0 Å². The van der Waals surface area contributed by atoms with Crippen LogP contribution in [0.5, 0.6) is 0 Å². The lowest BCUT2D eigenvalue weighted by Crippen LogP contribution is -2.44. The number of nitrogens with one attached hydrogen (secondary N) is 2. The minimum atomic E-state index is -0.140. The molecule has 0 radical (unpaired) electrons. The lowest BCUT2D eigenvalue weighted by atomic mass is 9.79. The van der Waals surface area contributed by atoms with Crippen molar-refractivity contribution < 1.29 is 9.59 Å². The van der Waals surface area contributed by atoms with Crippen LogP contribution in [-0.2, 0) is 9.59 Å². The van der Waals surface area contributed by atoms with Gasteiger partial charge in [-0.15, -0.1) is 0 Å². The van der Waals surface area contributed by atoms with Crippen molar-refractivity contribution in [2.45, 2.75) is 45.6 Å². The molecule has 1 aliphatic rings. The number of rotatable bonds is 5. The predicted molar refractivity (Wildman–Crippen MR) is 70.8 cm³/mol. The molecule has 104 valence electrons. The molecule has 0 aromatic heterocycles. The second-order valence-electron chi connectivity index (χ2n) is 5.33. The standard InChI is InChI=1S/C13H25N3O2/c1-9(2)16-12(17)8-15-13(18)11-6-4-3-5-10(11)7-14/h9-11H,3-8,14H2,1-2H3,(H,15,18)(H,16,17). The van der Waals surface area contributed by atoms with E-state index in [4.69, 9.17) is 5.73 Å². The highest BCUT2D eigenvalue weighted by atomic mass is 16.2.